The van der Waals surface area contributed by atoms with Crippen molar-refractivity contribution < 1.29 is 9.59 Å². The van der Waals surface area contributed by atoms with Gasteiger partial charge in [0.1, 0.15) is 5.84 Å². The van der Waals surface area contributed by atoms with Gasteiger partial charge >= 0.3 is 0 Å². The van der Waals surface area contributed by atoms with Gasteiger partial charge in [0.2, 0.25) is 0 Å². The second-order valence-corrected chi connectivity index (χ2v) is 5.76. The van der Waals surface area contributed by atoms with Gasteiger partial charge in [-0.25, -0.2) is 0 Å². The number of hydrogen-bond donors (Lipinski definition) is 1. The Morgan fingerprint density at radius 1 is 1.36 bits per heavy atom. The molecule has 0 atom stereocenters. The lowest BCUT2D eigenvalue weighted by Gasteiger charge is -2.29. The molecule has 5 heteroatoms. The van der Waals surface area contributed by atoms with Gasteiger partial charge in [-0.2, -0.15) is 0 Å². The molecule has 0 fully saturated rings. The molecule has 0 aliphatic carbocycles. The summed E-state index contributed by atoms with van der Waals surface area (Å²) in [5, 5.41) is 8.22. The highest BCUT2D eigenvalue weighted by molar-refractivity contribution is 7.98. The van der Waals surface area contributed by atoms with E-state index in [1.807, 2.05) is 30.5 Å². The quantitative estimate of drug-likeness (QED) is 0.686. The number of carbonyl (C=O) groups is 2. The molecule has 1 aromatic carbocycles. The molecule has 114 valence electrons. The summed E-state index contributed by atoms with van der Waals surface area (Å²) >= 11 is 1.60. The van der Waals surface area contributed by atoms with Crippen LogP contribution in [0.4, 0.5) is 0 Å². The van der Waals surface area contributed by atoms with E-state index in [-0.39, 0.29) is 23.7 Å². The number of allylic oxidation sites excluding steroid dienone is 1. The van der Waals surface area contributed by atoms with Crippen LogP contribution in [0.15, 0.2) is 52.5 Å². The zero-order chi connectivity index (χ0) is 16.3. The summed E-state index contributed by atoms with van der Waals surface area (Å²) in [6, 6.07) is 7.77. The maximum atomic E-state index is 12.5. The number of thioether (sulfide) groups is 1. The summed E-state index contributed by atoms with van der Waals surface area (Å²) in [4.78, 5) is 26.6. The van der Waals surface area contributed by atoms with E-state index in [0.29, 0.717) is 5.57 Å². The topological polar surface area (TPSA) is 61.2 Å². The molecule has 0 unspecified atom stereocenters. The summed E-state index contributed by atoms with van der Waals surface area (Å²) in [7, 11) is 0. The molecule has 1 aliphatic rings. The van der Waals surface area contributed by atoms with E-state index in [9.17, 15) is 9.59 Å². The fraction of sp³-hybridized carbons (Fsp3) is 0.235. The Kier molecular flexibility index (Phi) is 4.98. The minimum atomic E-state index is -0.404. The van der Waals surface area contributed by atoms with Gasteiger partial charge in [0.05, 0.1) is 12.1 Å². The van der Waals surface area contributed by atoms with Crippen LogP contribution >= 0.6 is 11.8 Å². The third-order valence-electron chi connectivity index (χ3n) is 3.53. The van der Waals surface area contributed by atoms with Gasteiger partial charge in [0.15, 0.2) is 5.78 Å². The number of rotatable bonds is 4. The van der Waals surface area contributed by atoms with Gasteiger partial charge < -0.3 is 0 Å². The fourth-order valence-corrected chi connectivity index (χ4v) is 2.92. The lowest BCUT2D eigenvalue weighted by molar-refractivity contribution is -0.126. The third kappa shape index (κ3) is 3.04. The van der Waals surface area contributed by atoms with Crippen molar-refractivity contribution >= 4 is 29.3 Å². The van der Waals surface area contributed by atoms with Crippen molar-refractivity contribution in [1.82, 2.24) is 4.90 Å². The molecule has 1 amide bonds. The van der Waals surface area contributed by atoms with E-state index in [4.69, 9.17) is 5.41 Å². The summed E-state index contributed by atoms with van der Waals surface area (Å²) in [5.41, 5.74) is 1.69. The molecule has 0 saturated carbocycles. The summed E-state index contributed by atoms with van der Waals surface area (Å²) in [5.74, 6) is -0.549. The average molecular weight is 314 g/mol. The molecule has 4 nitrogen and oxygen atoms in total. The number of benzene rings is 1. The third-order valence-corrected chi connectivity index (χ3v) is 4.37. The van der Waals surface area contributed by atoms with Gasteiger partial charge in [-0.3, -0.25) is 19.9 Å². The monoisotopic (exact) mass is 314 g/mol. The first-order valence-corrected chi connectivity index (χ1v) is 8.13. The summed E-state index contributed by atoms with van der Waals surface area (Å²) in [6.07, 6.45) is 5.22. The molecule has 0 bridgehead atoms. The highest BCUT2D eigenvalue weighted by atomic mass is 32.2. The van der Waals surface area contributed by atoms with Crippen LogP contribution in [0.25, 0.3) is 0 Å². The number of amidine groups is 1. The second kappa shape index (κ2) is 6.75. The number of amides is 1. The van der Waals surface area contributed by atoms with Crippen molar-refractivity contribution in [2.45, 2.75) is 25.3 Å². The molecule has 2 rings (SSSR count). The smallest absolute Gasteiger partial charge is 0.263 e. The molecule has 1 heterocycles. The second-order valence-electron chi connectivity index (χ2n) is 4.91. The van der Waals surface area contributed by atoms with E-state index in [2.05, 4.69) is 0 Å². The Bertz CT molecular complexity index is 704. The molecule has 0 saturated heterocycles. The Morgan fingerprint density at radius 2 is 2.05 bits per heavy atom. The van der Waals surface area contributed by atoms with Crippen LogP contribution in [0.3, 0.4) is 0 Å². The molecule has 1 aliphatic heterocycles. The van der Waals surface area contributed by atoms with Crippen LogP contribution < -0.4 is 0 Å². The van der Waals surface area contributed by atoms with E-state index in [1.54, 1.807) is 24.8 Å². The van der Waals surface area contributed by atoms with Crippen molar-refractivity contribution in [3.8, 4) is 0 Å². The van der Waals surface area contributed by atoms with Crippen LogP contribution in [0.2, 0.25) is 0 Å². The molecule has 22 heavy (non-hydrogen) atoms. The maximum absolute atomic E-state index is 12.5. The minimum Gasteiger partial charge on any atom is -0.294 e. The summed E-state index contributed by atoms with van der Waals surface area (Å²) < 4.78 is 0. The lowest BCUT2D eigenvalue weighted by atomic mass is 9.99. The highest BCUT2D eigenvalue weighted by Gasteiger charge is 2.31. The van der Waals surface area contributed by atoms with E-state index < -0.39 is 5.91 Å². The Morgan fingerprint density at radius 3 is 2.64 bits per heavy atom. The van der Waals surface area contributed by atoms with Crippen LogP contribution in [-0.4, -0.2) is 28.7 Å². The first-order chi connectivity index (χ1) is 10.5. The Hall–Kier alpha value is -2.14. The van der Waals surface area contributed by atoms with Gasteiger partial charge in [-0.05, 0) is 37.8 Å². The average Bonchev–Trinajstić information content (AvgIpc) is 2.51. The van der Waals surface area contributed by atoms with Crippen LogP contribution in [-0.2, 0) is 16.1 Å². The number of Topliss-reactive ketones (excluding diaryl/α,β-unsaturated/α-hetero) is 1. The largest absolute Gasteiger partial charge is 0.294 e. The van der Waals surface area contributed by atoms with Gasteiger partial charge in [-0.1, -0.05) is 24.3 Å². The van der Waals surface area contributed by atoms with Crippen molar-refractivity contribution in [1.29, 1.82) is 5.41 Å². The number of carbonyl (C=O) groups excluding carboxylic acids is 2. The predicted molar refractivity (Wildman–Crippen MR) is 89.0 cm³/mol. The molecule has 1 N–H and O–H groups in total. The first-order valence-electron chi connectivity index (χ1n) is 6.91. The van der Waals surface area contributed by atoms with Gasteiger partial charge in [-0.15, -0.1) is 11.8 Å². The molecule has 1 aromatic rings. The fourth-order valence-electron chi connectivity index (χ4n) is 2.32. The number of nitrogens with zero attached hydrogens (tertiary/aromatic N) is 1. The van der Waals surface area contributed by atoms with E-state index in [1.165, 1.54) is 17.9 Å². The zero-order valence-electron chi connectivity index (χ0n) is 12.8. The highest BCUT2D eigenvalue weighted by Crippen LogP contribution is 2.25. The standard InChI is InChI=1S/C17H18N2O2S/c1-4-12-9-14(11(2)20)17(21)19(16(12)18)10-13-7-5-6-8-15(13)22-3/h4-9,18H,10H2,1-3H3/b12-4-,18-16?. The van der Waals surface area contributed by atoms with Crippen molar-refractivity contribution in [3.63, 3.8) is 0 Å². The molecule has 0 aromatic heterocycles. The van der Waals surface area contributed by atoms with Crippen molar-refractivity contribution in [3.05, 3.63) is 53.1 Å². The zero-order valence-corrected chi connectivity index (χ0v) is 13.7. The normalized spacial score (nSPS) is 17.0. The Labute approximate surface area is 134 Å². The number of ketones is 1. The Balaban J connectivity index is 2.42. The summed E-state index contributed by atoms with van der Waals surface area (Å²) in [6.45, 7) is 3.46. The SMILES string of the molecule is C/C=C1/C=C(C(C)=O)C(=O)N(Cc2ccccc2SC)C1=N. The predicted octanol–water partition coefficient (Wildman–Crippen LogP) is 3.19. The van der Waals surface area contributed by atoms with Crippen LogP contribution in [0, 0.1) is 5.41 Å². The van der Waals surface area contributed by atoms with E-state index in [0.717, 1.165) is 10.5 Å². The number of hydrogen-bond acceptors (Lipinski definition) is 4. The first kappa shape index (κ1) is 16.2. The molecular weight excluding hydrogens is 296 g/mol. The van der Waals surface area contributed by atoms with Crippen LogP contribution in [0.5, 0.6) is 0 Å². The number of nitrogens with one attached hydrogen (secondary N) is 1. The maximum Gasteiger partial charge on any atom is 0.263 e. The van der Waals surface area contributed by atoms with Crippen LogP contribution in [0.1, 0.15) is 19.4 Å². The molecule has 0 spiro atoms. The van der Waals surface area contributed by atoms with E-state index >= 15 is 0 Å². The molecule has 0 radical (unpaired) electrons. The van der Waals surface area contributed by atoms with Gasteiger partial charge in [0, 0.05) is 10.5 Å². The van der Waals surface area contributed by atoms with Gasteiger partial charge in [0.25, 0.3) is 5.91 Å². The van der Waals surface area contributed by atoms with Crippen molar-refractivity contribution in [2.75, 3.05) is 6.26 Å². The minimum absolute atomic E-state index is 0.130. The molecular formula is C17H18N2O2S. The lowest BCUT2D eigenvalue weighted by Crippen LogP contribution is -2.42. The van der Waals surface area contributed by atoms with Crippen molar-refractivity contribution in [2.24, 2.45) is 0 Å².